The molecule has 6 nitrogen and oxygen atoms in total. The van der Waals surface area contributed by atoms with E-state index in [1.54, 1.807) is 42.5 Å². The summed E-state index contributed by atoms with van der Waals surface area (Å²) >= 11 is 0. The van der Waals surface area contributed by atoms with Gasteiger partial charge in [0.2, 0.25) is 11.8 Å². The molecule has 1 heterocycles. The van der Waals surface area contributed by atoms with Crippen molar-refractivity contribution in [3.05, 3.63) is 65.7 Å². The average molecular weight is 476 g/mol. The van der Waals surface area contributed by atoms with Crippen molar-refractivity contribution in [2.45, 2.75) is 57.3 Å². The van der Waals surface area contributed by atoms with Gasteiger partial charge >= 0.3 is 12.1 Å². The van der Waals surface area contributed by atoms with E-state index in [1.807, 2.05) is 17.4 Å². The summed E-state index contributed by atoms with van der Waals surface area (Å²) in [5.41, 5.74) is 2.27. The summed E-state index contributed by atoms with van der Waals surface area (Å²) in [6, 6.07) is 13.5. The number of rotatable bonds is 7. The van der Waals surface area contributed by atoms with Gasteiger partial charge in [0, 0.05) is 18.7 Å². The highest BCUT2D eigenvalue weighted by atomic mass is 19.4. The van der Waals surface area contributed by atoms with Crippen molar-refractivity contribution in [2.75, 3.05) is 11.9 Å². The SMILES string of the molecule is CC(C)c1ccc(NC(=O)[C@H]2CCCN2C(=O)[C@H](Cc2ccccc2)NC(=O)C(F)(F)F)cc1. The molecule has 2 aromatic carbocycles. The second kappa shape index (κ2) is 10.7. The minimum atomic E-state index is -5.13. The molecule has 3 amide bonds. The zero-order valence-electron chi connectivity index (χ0n) is 19.1. The molecule has 0 aliphatic carbocycles. The van der Waals surface area contributed by atoms with Crippen molar-refractivity contribution in [3.8, 4) is 0 Å². The van der Waals surface area contributed by atoms with E-state index in [1.165, 1.54) is 4.90 Å². The molecule has 1 aliphatic rings. The van der Waals surface area contributed by atoms with Gasteiger partial charge in [0.1, 0.15) is 12.1 Å². The Morgan fingerprint density at radius 3 is 2.26 bits per heavy atom. The van der Waals surface area contributed by atoms with Crippen molar-refractivity contribution in [2.24, 2.45) is 0 Å². The number of hydrogen-bond acceptors (Lipinski definition) is 3. The summed E-state index contributed by atoms with van der Waals surface area (Å²) in [4.78, 5) is 39.1. The number of anilines is 1. The zero-order valence-corrected chi connectivity index (χ0v) is 19.1. The maximum absolute atomic E-state index is 13.3. The summed E-state index contributed by atoms with van der Waals surface area (Å²) < 4.78 is 38.7. The van der Waals surface area contributed by atoms with E-state index in [4.69, 9.17) is 0 Å². The van der Waals surface area contributed by atoms with Gasteiger partial charge in [-0.2, -0.15) is 13.2 Å². The molecular formula is C25H28F3N3O3. The third kappa shape index (κ3) is 6.36. The standard InChI is InChI=1S/C25H28F3N3O3/c1-16(2)18-10-12-19(13-11-18)29-22(32)21-9-6-14-31(21)23(33)20(30-24(34)25(26,27)28)15-17-7-4-3-5-8-17/h3-5,7-8,10-13,16,20-21H,6,9,14-15H2,1-2H3,(H,29,32)(H,30,34)/t20-,21+/m0/s1. The summed E-state index contributed by atoms with van der Waals surface area (Å²) in [5, 5.41) is 4.61. The Hall–Kier alpha value is -3.36. The van der Waals surface area contributed by atoms with Gasteiger partial charge in [0.05, 0.1) is 0 Å². The molecule has 9 heteroatoms. The highest BCUT2D eigenvalue weighted by molar-refractivity contribution is 5.99. The molecule has 2 atom stereocenters. The van der Waals surface area contributed by atoms with Gasteiger partial charge in [0.15, 0.2) is 0 Å². The van der Waals surface area contributed by atoms with E-state index in [-0.39, 0.29) is 13.0 Å². The van der Waals surface area contributed by atoms with Crippen LogP contribution in [0.4, 0.5) is 18.9 Å². The van der Waals surface area contributed by atoms with Gasteiger partial charge in [0.25, 0.3) is 0 Å². The number of hydrogen-bond donors (Lipinski definition) is 2. The first kappa shape index (κ1) is 25.3. The molecule has 2 aromatic rings. The normalized spacial score (nSPS) is 16.9. The molecule has 0 bridgehead atoms. The molecule has 34 heavy (non-hydrogen) atoms. The van der Waals surface area contributed by atoms with Crippen LogP contribution in [-0.4, -0.2) is 47.4 Å². The largest absolute Gasteiger partial charge is 0.471 e. The molecule has 3 rings (SSSR count). The lowest BCUT2D eigenvalue weighted by atomic mass is 10.0. The molecule has 1 aliphatic heterocycles. The van der Waals surface area contributed by atoms with Gasteiger partial charge in [-0.05, 0) is 42.0 Å². The third-order valence-electron chi connectivity index (χ3n) is 5.83. The Labute approximate surface area is 196 Å². The van der Waals surface area contributed by atoms with Crippen LogP contribution in [0.1, 0.15) is 43.7 Å². The van der Waals surface area contributed by atoms with Crippen molar-refractivity contribution < 1.29 is 27.6 Å². The zero-order chi connectivity index (χ0) is 24.9. The lowest BCUT2D eigenvalue weighted by Crippen LogP contribution is -2.55. The second-order valence-corrected chi connectivity index (χ2v) is 8.67. The first-order valence-electron chi connectivity index (χ1n) is 11.2. The number of carbonyl (C=O) groups excluding carboxylic acids is 3. The number of amides is 3. The van der Waals surface area contributed by atoms with E-state index in [0.717, 1.165) is 5.56 Å². The van der Waals surface area contributed by atoms with Gasteiger partial charge in [-0.15, -0.1) is 0 Å². The molecule has 0 radical (unpaired) electrons. The molecular weight excluding hydrogens is 447 g/mol. The van der Waals surface area contributed by atoms with Crippen molar-refractivity contribution in [1.82, 2.24) is 10.2 Å². The number of nitrogens with zero attached hydrogens (tertiary/aromatic N) is 1. The van der Waals surface area contributed by atoms with Crippen LogP contribution in [0.15, 0.2) is 54.6 Å². The first-order valence-corrected chi connectivity index (χ1v) is 11.2. The monoisotopic (exact) mass is 475 g/mol. The lowest BCUT2D eigenvalue weighted by molar-refractivity contribution is -0.175. The molecule has 0 spiro atoms. The minimum absolute atomic E-state index is 0.122. The van der Waals surface area contributed by atoms with Crippen LogP contribution < -0.4 is 10.6 Å². The molecule has 1 saturated heterocycles. The summed E-state index contributed by atoms with van der Waals surface area (Å²) in [6.45, 7) is 4.33. The maximum Gasteiger partial charge on any atom is 0.471 e. The van der Waals surface area contributed by atoms with E-state index in [0.29, 0.717) is 30.0 Å². The van der Waals surface area contributed by atoms with Crippen molar-refractivity contribution in [3.63, 3.8) is 0 Å². The summed E-state index contributed by atoms with van der Waals surface area (Å²) in [5.74, 6) is -2.98. The molecule has 0 saturated carbocycles. The molecule has 0 unspecified atom stereocenters. The van der Waals surface area contributed by atoms with Gasteiger partial charge in [-0.3, -0.25) is 14.4 Å². The van der Waals surface area contributed by atoms with Crippen LogP contribution in [0.5, 0.6) is 0 Å². The summed E-state index contributed by atoms with van der Waals surface area (Å²) in [6.07, 6.45) is -4.34. The van der Waals surface area contributed by atoms with Crippen LogP contribution >= 0.6 is 0 Å². The van der Waals surface area contributed by atoms with Crippen LogP contribution in [0, 0.1) is 0 Å². The highest BCUT2D eigenvalue weighted by Crippen LogP contribution is 2.23. The minimum Gasteiger partial charge on any atom is -0.336 e. The number of nitrogens with one attached hydrogen (secondary N) is 2. The predicted octanol–water partition coefficient (Wildman–Crippen LogP) is 4.03. The van der Waals surface area contributed by atoms with E-state index in [9.17, 15) is 27.6 Å². The molecule has 182 valence electrons. The fourth-order valence-corrected chi connectivity index (χ4v) is 3.97. The Bertz CT molecular complexity index is 1010. The maximum atomic E-state index is 13.3. The Morgan fingerprint density at radius 2 is 1.68 bits per heavy atom. The highest BCUT2D eigenvalue weighted by Gasteiger charge is 2.43. The van der Waals surface area contributed by atoms with Crippen LogP contribution in [0.25, 0.3) is 0 Å². The van der Waals surface area contributed by atoms with Crippen molar-refractivity contribution in [1.29, 1.82) is 0 Å². The van der Waals surface area contributed by atoms with Gasteiger partial charge < -0.3 is 15.5 Å². The van der Waals surface area contributed by atoms with Crippen LogP contribution in [0.2, 0.25) is 0 Å². The quantitative estimate of drug-likeness (QED) is 0.635. The molecule has 1 fully saturated rings. The third-order valence-corrected chi connectivity index (χ3v) is 5.83. The fourth-order valence-electron chi connectivity index (χ4n) is 3.97. The van der Waals surface area contributed by atoms with E-state index < -0.39 is 36.0 Å². The van der Waals surface area contributed by atoms with E-state index >= 15 is 0 Å². The predicted molar refractivity (Wildman–Crippen MR) is 122 cm³/mol. The fraction of sp³-hybridized carbons (Fsp3) is 0.400. The number of likely N-dealkylation sites (tertiary alicyclic amines) is 1. The summed E-state index contributed by atoms with van der Waals surface area (Å²) in [7, 11) is 0. The van der Waals surface area contributed by atoms with Crippen molar-refractivity contribution >= 4 is 23.4 Å². The number of carbonyl (C=O) groups is 3. The number of benzene rings is 2. The van der Waals surface area contributed by atoms with Gasteiger partial charge in [-0.1, -0.05) is 56.3 Å². The second-order valence-electron chi connectivity index (χ2n) is 8.67. The molecule has 2 N–H and O–H groups in total. The number of halogens is 3. The Balaban J connectivity index is 1.75. The first-order chi connectivity index (χ1) is 16.1. The Kier molecular flexibility index (Phi) is 7.96. The lowest BCUT2D eigenvalue weighted by Gasteiger charge is -2.29. The van der Waals surface area contributed by atoms with Crippen LogP contribution in [-0.2, 0) is 20.8 Å². The smallest absolute Gasteiger partial charge is 0.336 e. The van der Waals surface area contributed by atoms with E-state index in [2.05, 4.69) is 19.2 Å². The van der Waals surface area contributed by atoms with Gasteiger partial charge in [-0.25, -0.2) is 0 Å². The molecule has 0 aromatic heterocycles. The topological polar surface area (TPSA) is 78.5 Å². The Morgan fingerprint density at radius 1 is 1.03 bits per heavy atom. The average Bonchev–Trinajstić information content (AvgIpc) is 3.28. The number of alkyl halides is 3. The van der Waals surface area contributed by atoms with Crippen LogP contribution in [0.3, 0.4) is 0 Å².